The Hall–Kier alpha value is -3.32. The van der Waals surface area contributed by atoms with Crippen LogP contribution in [0, 0.1) is 10.1 Å². The molecular formula is C19H16ClN3O4. The zero-order valence-electron chi connectivity index (χ0n) is 14.2. The number of hydrogen-bond acceptors (Lipinski definition) is 6. The van der Waals surface area contributed by atoms with E-state index in [0.29, 0.717) is 23.1 Å². The van der Waals surface area contributed by atoms with Gasteiger partial charge in [-0.15, -0.1) is 0 Å². The van der Waals surface area contributed by atoms with Crippen LogP contribution in [0.2, 0.25) is 5.02 Å². The number of nitro benzene ring substituents is 1. The highest BCUT2D eigenvalue weighted by molar-refractivity contribution is 6.30. The molecule has 0 saturated carbocycles. The maximum Gasteiger partial charge on any atom is 0.310 e. The molecule has 3 rings (SSSR count). The number of hydrogen-bond donors (Lipinski definition) is 1. The zero-order chi connectivity index (χ0) is 19.1. The summed E-state index contributed by atoms with van der Waals surface area (Å²) in [7, 11) is 0. The van der Waals surface area contributed by atoms with Gasteiger partial charge in [0.15, 0.2) is 5.75 Å². The molecule has 8 heteroatoms. The van der Waals surface area contributed by atoms with E-state index in [0.717, 1.165) is 5.56 Å². The number of nitrogens with one attached hydrogen (secondary N) is 1. The number of hydrazone groups is 1. The van der Waals surface area contributed by atoms with Crippen molar-refractivity contribution in [3.05, 3.63) is 92.9 Å². The van der Waals surface area contributed by atoms with Crippen molar-refractivity contribution in [3.8, 4) is 5.75 Å². The van der Waals surface area contributed by atoms with Gasteiger partial charge in [0.1, 0.15) is 18.1 Å². The van der Waals surface area contributed by atoms with Gasteiger partial charge in [-0.2, -0.15) is 5.10 Å². The lowest BCUT2D eigenvalue weighted by molar-refractivity contribution is -0.386. The van der Waals surface area contributed by atoms with Crippen LogP contribution in [0.4, 0.5) is 5.69 Å². The summed E-state index contributed by atoms with van der Waals surface area (Å²) in [4.78, 5) is 10.5. The van der Waals surface area contributed by atoms with Gasteiger partial charge in [-0.3, -0.25) is 10.1 Å². The van der Waals surface area contributed by atoms with Crippen molar-refractivity contribution < 1.29 is 14.1 Å². The molecule has 0 radical (unpaired) electrons. The number of benzene rings is 2. The summed E-state index contributed by atoms with van der Waals surface area (Å²) in [5, 5.41) is 15.8. The van der Waals surface area contributed by atoms with Crippen LogP contribution in [-0.2, 0) is 13.2 Å². The number of halogens is 1. The Balaban J connectivity index is 1.51. The summed E-state index contributed by atoms with van der Waals surface area (Å²) in [6.07, 6.45) is 1.55. The number of rotatable bonds is 8. The molecule has 0 aliphatic rings. The molecule has 0 amide bonds. The van der Waals surface area contributed by atoms with Crippen LogP contribution in [0.5, 0.6) is 5.75 Å². The fourth-order valence-electron chi connectivity index (χ4n) is 2.27. The number of nitrogens with zero attached hydrogens (tertiary/aromatic N) is 2. The third-order valence-corrected chi connectivity index (χ3v) is 3.85. The standard InChI is InChI=1S/C19H16ClN3O4/c20-15-7-5-14(6-8-15)11-21-22-12-16-9-10-17(27-16)13-26-19-4-2-1-3-18(19)23(24)25/h1-10,12,21H,11,13H2/b22-12-. The summed E-state index contributed by atoms with van der Waals surface area (Å²) < 4.78 is 11.1. The average molecular weight is 386 g/mol. The molecule has 0 atom stereocenters. The van der Waals surface area contributed by atoms with Gasteiger partial charge in [-0.25, -0.2) is 0 Å². The first-order chi connectivity index (χ1) is 13.1. The second-order valence-electron chi connectivity index (χ2n) is 5.54. The molecule has 1 heterocycles. The Kier molecular flexibility index (Phi) is 6.06. The van der Waals surface area contributed by atoms with E-state index >= 15 is 0 Å². The third kappa shape index (κ3) is 5.32. The molecule has 0 fully saturated rings. The predicted molar refractivity (Wildman–Crippen MR) is 102 cm³/mol. The Labute approximate surface area is 160 Å². The zero-order valence-corrected chi connectivity index (χ0v) is 14.9. The molecule has 2 aromatic carbocycles. The fraction of sp³-hybridized carbons (Fsp3) is 0.105. The average Bonchev–Trinajstić information content (AvgIpc) is 3.13. The summed E-state index contributed by atoms with van der Waals surface area (Å²) in [5.41, 5.74) is 3.88. The van der Waals surface area contributed by atoms with Crippen molar-refractivity contribution in [3.63, 3.8) is 0 Å². The highest BCUT2D eigenvalue weighted by Crippen LogP contribution is 2.26. The Morgan fingerprint density at radius 3 is 2.70 bits per heavy atom. The van der Waals surface area contributed by atoms with Crippen LogP contribution in [0.15, 0.2) is 70.2 Å². The maximum absolute atomic E-state index is 11.0. The van der Waals surface area contributed by atoms with Crippen LogP contribution in [0.3, 0.4) is 0 Å². The van der Waals surface area contributed by atoms with Gasteiger partial charge in [0.2, 0.25) is 0 Å². The Bertz CT molecular complexity index is 938. The van der Waals surface area contributed by atoms with Gasteiger partial charge in [0.05, 0.1) is 17.7 Å². The highest BCUT2D eigenvalue weighted by atomic mass is 35.5. The second kappa shape index (κ2) is 8.86. The van der Waals surface area contributed by atoms with Crippen molar-refractivity contribution >= 4 is 23.5 Å². The van der Waals surface area contributed by atoms with Crippen LogP contribution in [0.25, 0.3) is 0 Å². The van der Waals surface area contributed by atoms with Crippen LogP contribution >= 0.6 is 11.6 Å². The molecule has 1 N–H and O–H groups in total. The molecule has 0 unspecified atom stereocenters. The molecule has 7 nitrogen and oxygen atoms in total. The van der Waals surface area contributed by atoms with E-state index in [9.17, 15) is 10.1 Å². The third-order valence-electron chi connectivity index (χ3n) is 3.59. The molecule has 138 valence electrons. The first-order valence-corrected chi connectivity index (χ1v) is 8.45. The van der Waals surface area contributed by atoms with Crippen LogP contribution in [0.1, 0.15) is 17.1 Å². The van der Waals surface area contributed by atoms with Gasteiger partial charge in [0, 0.05) is 11.1 Å². The molecule has 0 saturated heterocycles. The first kappa shape index (κ1) is 18.5. The van der Waals surface area contributed by atoms with E-state index < -0.39 is 4.92 Å². The van der Waals surface area contributed by atoms with Gasteiger partial charge in [0.25, 0.3) is 0 Å². The van der Waals surface area contributed by atoms with E-state index in [-0.39, 0.29) is 18.0 Å². The normalized spacial score (nSPS) is 10.9. The molecule has 1 aromatic heterocycles. The van der Waals surface area contributed by atoms with Crippen molar-refractivity contribution in [1.82, 2.24) is 5.43 Å². The minimum atomic E-state index is -0.484. The smallest absolute Gasteiger partial charge is 0.310 e. The molecule has 0 aliphatic carbocycles. The van der Waals surface area contributed by atoms with Crippen molar-refractivity contribution in [2.45, 2.75) is 13.2 Å². The molecule has 0 bridgehead atoms. The van der Waals surface area contributed by atoms with Crippen molar-refractivity contribution in [2.75, 3.05) is 0 Å². The largest absolute Gasteiger partial charge is 0.479 e. The Morgan fingerprint density at radius 1 is 1.15 bits per heavy atom. The van der Waals surface area contributed by atoms with Gasteiger partial charge in [-0.05, 0) is 35.9 Å². The maximum atomic E-state index is 11.0. The van der Waals surface area contributed by atoms with E-state index in [1.807, 2.05) is 24.3 Å². The topological polar surface area (TPSA) is 89.9 Å². The number of ether oxygens (including phenoxy) is 1. The quantitative estimate of drug-likeness (QED) is 0.349. The summed E-state index contributed by atoms with van der Waals surface area (Å²) in [5.74, 6) is 1.27. The molecular weight excluding hydrogens is 370 g/mol. The summed E-state index contributed by atoms with van der Waals surface area (Å²) >= 11 is 5.84. The van der Waals surface area contributed by atoms with Crippen LogP contribution < -0.4 is 10.2 Å². The van der Waals surface area contributed by atoms with Gasteiger partial charge < -0.3 is 14.6 Å². The number of nitro groups is 1. The van der Waals surface area contributed by atoms with Gasteiger partial charge >= 0.3 is 5.69 Å². The molecule has 0 aliphatic heterocycles. The Morgan fingerprint density at radius 2 is 1.93 bits per heavy atom. The van der Waals surface area contributed by atoms with E-state index in [2.05, 4.69) is 10.5 Å². The van der Waals surface area contributed by atoms with Gasteiger partial charge in [-0.1, -0.05) is 35.9 Å². The SMILES string of the molecule is O=[N+]([O-])c1ccccc1OCc1ccc(/C=N\NCc2ccc(Cl)cc2)o1. The number of para-hydroxylation sites is 2. The first-order valence-electron chi connectivity index (χ1n) is 8.07. The lowest BCUT2D eigenvalue weighted by Crippen LogP contribution is -2.05. The highest BCUT2D eigenvalue weighted by Gasteiger charge is 2.14. The summed E-state index contributed by atoms with van der Waals surface area (Å²) in [6.45, 7) is 0.638. The van der Waals surface area contributed by atoms with Crippen LogP contribution in [-0.4, -0.2) is 11.1 Å². The van der Waals surface area contributed by atoms with E-state index in [4.69, 9.17) is 20.8 Å². The summed E-state index contributed by atoms with van der Waals surface area (Å²) in [6, 6.07) is 17.1. The fourth-order valence-corrected chi connectivity index (χ4v) is 2.39. The predicted octanol–water partition coefficient (Wildman–Crippen LogP) is 4.54. The lowest BCUT2D eigenvalue weighted by Gasteiger charge is -2.04. The molecule has 0 spiro atoms. The van der Waals surface area contributed by atoms with E-state index in [1.165, 1.54) is 6.07 Å². The second-order valence-corrected chi connectivity index (χ2v) is 5.97. The monoisotopic (exact) mass is 385 g/mol. The van der Waals surface area contributed by atoms with Crippen molar-refractivity contribution in [1.29, 1.82) is 0 Å². The van der Waals surface area contributed by atoms with E-state index in [1.54, 1.807) is 36.5 Å². The lowest BCUT2D eigenvalue weighted by atomic mass is 10.2. The number of furan rings is 1. The minimum Gasteiger partial charge on any atom is -0.479 e. The molecule has 27 heavy (non-hydrogen) atoms. The minimum absolute atomic E-state index is 0.0803. The van der Waals surface area contributed by atoms with Crippen molar-refractivity contribution in [2.24, 2.45) is 5.10 Å². The molecule has 3 aromatic rings.